The van der Waals surface area contributed by atoms with Gasteiger partial charge in [0.05, 0.1) is 21.9 Å². The van der Waals surface area contributed by atoms with Crippen LogP contribution in [0.1, 0.15) is 69.2 Å². The smallest absolute Gasteiger partial charge is 0.189 e. The summed E-state index contributed by atoms with van der Waals surface area (Å²) in [6.45, 7) is 4.76. The lowest BCUT2D eigenvalue weighted by Gasteiger charge is -2.71. The highest BCUT2D eigenvalue weighted by Gasteiger charge is 2.74. The van der Waals surface area contributed by atoms with Crippen molar-refractivity contribution < 1.29 is 15.0 Å². The zero-order chi connectivity index (χ0) is 29.0. The minimum Gasteiger partial charge on any atom is -0.393 e. The lowest BCUT2D eigenvalue weighted by Crippen LogP contribution is -2.67. The number of benzene rings is 2. The highest BCUT2D eigenvalue weighted by atomic mass is 32.2. The maximum absolute atomic E-state index is 14.5. The Morgan fingerprint density at radius 2 is 1.67 bits per heavy atom. The van der Waals surface area contributed by atoms with Gasteiger partial charge >= 0.3 is 0 Å². The molecule has 3 saturated carbocycles. The van der Waals surface area contributed by atoms with Crippen LogP contribution in [0.3, 0.4) is 0 Å². The number of thiazole rings is 1. The fourth-order valence-corrected chi connectivity index (χ4v) is 12.8. The van der Waals surface area contributed by atoms with E-state index < -0.39 is 11.0 Å². The van der Waals surface area contributed by atoms with Crippen LogP contribution in [0.4, 0.5) is 0 Å². The van der Waals surface area contributed by atoms with E-state index >= 15 is 0 Å². The Morgan fingerprint density at radius 3 is 2.48 bits per heavy atom. The number of carbonyl (C=O) groups excluding carboxylic acids is 1. The summed E-state index contributed by atoms with van der Waals surface area (Å²) in [6, 6.07) is 18.0. The molecule has 2 bridgehead atoms. The molecule has 0 saturated heterocycles. The van der Waals surface area contributed by atoms with Crippen LogP contribution < -0.4 is 0 Å². The van der Waals surface area contributed by atoms with Gasteiger partial charge in [-0.3, -0.25) is 4.79 Å². The van der Waals surface area contributed by atoms with Gasteiger partial charge in [-0.15, -0.1) is 11.3 Å². The molecule has 2 spiro atoms. The third-order valence-electron chi connectivity index (χ3n) is 12.7. The molecule has 2 aromatic carbocycles. The summed E-state index contributed by atoms with van der Waals surface area (Å²) in [5.74, 6) is 1.22. The van der Waals surface area contributed by atoms with Crippen molar-refractivity contribution in [1.29, 1.82) is 0 Å². The minimum atomic E-state index is -0.843. The number of aromatic nitrogens is 1. The number of aliphatic hydroxyl groups is 2. The highest BCUT2D eigenvalue weighted by Crippen LogP contribution is 2.78. The van der Waals surface area contributed by atoms with Gasteiger partial charge in [0.2, 0.25) is 0 Å². The summed E-state index contributed by atoms with van der Waals surface area (Å²) in [7, 11) is 0. The number of rotatable bonds is 5. The lowest BCUT2D eigenvalue weighted by atomic mass is 9.32. The van der Waals surface area contributed by atoms with Crippen LogP contribution >= 0.6 is 23.1 Å². The molecule has 8 unspecified atom stereocenters. The summed E-state index contributed by atoms with van der Waals surface area (Å²) < 4.78 is 2.19. The van der Waals surface area contributed by atoms with Gasteiger partial charge in [0.1, 0.15) is 0 Å². The summed E-state index contributed by atoms with van der Waals surface area (Å²) in [5, 5.41) is 23.4. The molecule has 218 valence electrons. The molecule has 9 rings (SSSR count). The van der Waals surface area contributed by atoms with Crippen molar-refractivity contribution in [2.24, 2.45) is 33.5 Å². The molecular weight excluding hydrogens is 559 g/mol. The van der Waals surface area contributed by atoms with Crippen molar-refractivity contribution in [1.82, 2.24) is 4.98 Å². The molecule has 42 heavy (non-hydrogen) atoms. The first-order chi connectivity index (χ1) is 20.1. The van der Waals surface area contributed by atoms with Gasteiger partial charge < -0.3 is 10.2 Å². The normalized spacial score (nSPS) is 41.7. The zero-order valence-corrected chi connectivity index (χ0v) is 26.0. The van der Waals surface area contributed by atoms with Gasteiger partial charge in [-0.2, -0.15) is 0 Å². The number of Topliss-reactive ketones (excluding diaryl/α,β-unsaturated/α-hetero) is 1. The van der Waals surface area contributed by atoms with Gasteiger partial charge in [0.25, 0.3) is 0 Å². The number of thioether (sulfide) groups is 1. The SMILES string of the molecule is CC12CCC(O)CC13C=CC1(C(C(=O)c4ccccc4)=C3)C2CCC2(C)C1CCC2(O)CSc1nc2ccccc2s1. The number of hydrogen-bond acceptors (Lipinski definition) is 6. The number of nitrogens with zero attached hydrogens (tertiary/aromatic N) is 1. The number of fused-ring (bicyclic) bond motifs is 2. The monoisotopic (exact) mass is 597 g/mol. The first kappa shape index (κ1) is 27.3. The maximum Gasteiger partial charge on any atom is 0.189 e. The first-order valence-corrected chi connectivity index (χ1v) is 17.4. The standard InChI is InChI=1S/C36H39NO3S2/c1-32-15-12-24(38)20-34(32)18-19-36(25(21-34)30(39)23-8-4-3-5-9-23)28(32)13-16-33(2)29(36)14-17-35(33,40)22-41-31-37-26-10-6-7-11-27(26)42-31/h3-11,18-19,21,24,28-29,38,40H,12-17,20,22H2,1-2H3. The van der Waals surface area contributed by atoms with Gasteiger partial charge in [0.15, 0.2) is 10.1 Å². The van der Waals surface area contributed by atoms with Crippen molar-refractivity contribution in [2.75, 3.05) is 5.75 Å². The molecule has 3 fully saturated rings. The number of hydrogen-bond donors (Lipinski definition) is 2. The molecule has 1 heterocycles. The molecular formula is C36H39NO3S2. The average molecular weight is 598 g/mol. The summed E-state index contributed by atoms with van der Waals surface area (Å²) >= 11 is 3.40. The van der Waals surface area contributed by atoms with Crippen LogP contribution in [0.2, 0.25) is 0 Å². The van der Waals surface area contributed by atoms with Crippen molar-refractivity contribution in [3.05, 3.63) is 84.0 Å². The van der Waals surface area contributed by atoms with Gasteiger partial charge in [-0.25, -0.2) is 4.98 Å². The minimum absolute atomic E-state index is 0.0147. The molecule has 0 amide bonds. The molecule has 6 aliphatic carbocycles. The predicted octanol–water partition coefficient (Wildman–Crippen LogP) is 7.86. The zero-order valence-electron chi connectivity index (χ0n) is 24.4. The average Bonchev–Trinajstić information content (AvgIpc) is 3.54. The van der Waals surface area contributed by atoms with E-state index in [1.807, 2.05) is 36.4 Å². The third kappa shape index (κ3) is 3.44. The number of para-hydroxylation sites is 1. The predicted molar refractivity (Wildman–Crippen MR) is 170 cm³/mol. The topological polar surface area (TPSA) is 70.4 Å². The quantitative estimate of drug-likeness (QED) is 0.178. The molecule has 0 radical (unpaired) electrons. The largest absolute Gasteiger partial charge is 0.393 e. The van der Waals surface area contributed by atoms with E-state index in [0.29, 0.717) is 18.1 Å². The molecule has 6 heteroatoms. The Kier molecular flexibility index (Phi) is 5.94. The molecule has 2 N–H and O–H groups in total. The number of allylic oxidation sites excluding steroid dienone is 4. The highest BCUT2D eigenvalue weighted by molar-refractivity contribution is 8.01. The van der Waals surface area contributed by atoms with Crippen LogP contribution in [-0.4, -0.2) is 38.4 Å². The Morgan fingerprint density at radius 1 is 0.952 bits per heavy atom. The Labute approximate surface area is 256 Å². The third-order valence-corrected chi connectivity index (χ3v) is 15.1. The van der Waals surface area contributed by atoms with Crippen LogP contribution in [0.15, 0.2) is 82.7 Å². The van der Waals surface area contributed by atoms with Gasteiger partial charge in [-0.05, 0) is 74.3 Å². The van der Waals surface area contributed by atoms with Crippen LogP contribution in [0.25, 0.3) is 10.2 Å². The molecule has 3 aromatic rings. The second-order valence-electron chi connectivity index (χ2n) is 14.2. The lowest BCUT2D eigenvalue weighted by molar-refractivity contribution is -0.166. The summed E-state index contributed by atoms with van der Waals surface area (Å²) in [4.78, 5) is 19.4. The van der Waals surface area contributed by atoms with E-state index in [9.17, 15) is 15.0 Å². The van der Waals surface area contributed by atoms with Crippen molar-refractivity contribution in [3.8, 4) is 0 Å². The van der Waals surface area contributed by atoms with Crippen molar-refractivity contribution in [3.63, 3.8) is 0 Å². The Balaban J connectivity index is 1.21. The van der Waals surface area contributed by atoms with E-state index in [1.54, 1.807) is 23.1 Å². The molecule has 0 aliphatic heterocycles. The summed E-state index contributed by atoms with van der Waals surface area (Å²) in [6.07, 6.45) is 12.8. The van der Waals surface area contributed by atoms with E-state index in [2.05, 4.69) is 50.3 Å². The first-order valence-electron chi connectivity index (χ1n) is 15.6. The molecule has 8 atom stereocenters. The molecule has 6 aliphatic rings. The maximum atomic E-state index is 14.5. The van der Waals surface area contributed by atoms with Crippen LogP contribution in [0.5, 0.6) is 0 Å². The fraction of sp³-hybridized carbons (Fsp3) is 0.500. The van der Waals surface area contributed by atoms with Crippen LogP contribution in [-0.2, 0) is 0 Å². The Bertz CT molecular complexity index is 1610. The summed E-state index contributed by atoms with van der Waals surface area (Å²) in [5.41, 5.74) is 0.779. The number of ketones is 1. The van der Waals surface area contributed by atoms with Gasteiger partial charge in [0, 0.05) is 33.1 Å². The van der Waals surface area contributed by atoms with E-state index in [-0.39, 0.29) is 34.1 Å². The molecule has 1 aromatic heterocycles. The van der Waals surface area contributed by atoms with Crippen molar-refractivity contribution >= 4 is 39.1 Å². The van der Waals surface area contributed by atoms with Crippen molar-refractivity contribution in [2.45, 2.75) is 74.8 Å². The fourth-order valence-electron chi connectivity index (χ4n) is 10.4. The van der Waals surface area contributed by atoms with Gasteiger partial charge in [-0.1, -0.05) is 86.3 Å². The van der Waals surface area contributed by atoms with E-state index in [0.717, 1.165) is 59.5 Å². The second kappa shape index (κ2) is 9.13. The Hall–Kier alpha value is -2.25. The second-order valence-corrected chi connectivity index (χ2v) is 16.5. The van der Waals surface area contributed by atoms with E-state index in [1.165, 1.54) is 4.70 Å². The number of carbonyl (C=O) groups is 1. The van der Waals surface area contributed by atoms with Crippen LogP contribution in [0, 0.1) is 33.5 Å². The number of aliphatic hydroxyl groups excluding tert-OH is 1. The van der Waals surface area contributed by atoms with E-state index in [4.69, 9.17) is 4.98 Å². The molecule has 4 nitrogen and oxygen atoms in total.